The first-order valence-electron chi connectivity index (χ1n) is 23.6. The molecule has 53 heavy (non-hydrogen) atoms. The minimum absolute atomic E-state index is 0.0210. The average molecular weight is 751 g/mol. The predicted octanol–water partition coefficient (Wildman–Crippen LogP) is 14.3. The SMILES string of the molecule is CCCCCCCCC(CCCCCCCC)OC(=N)CCCCCCCN(CCO)CCCCCCCC(=O)OC(C)(CC)CCCCCCCC. The van der Waals surface area contributed by atoms with E-state index in [-0.39, 0.29) is 24.3 Å². The van der Waals surface area contributed by atoms with Crippen molar-refractivity contribution >= 4 is 11.9 Å². The van der Waals surface area contributed by atoms with Gasteiger partial charge in [-0.15, -0.1) is 0 Å². The van der Waals surface area contributed by atoms with E-state index < -0.39 is 0 Å². The van der Waals surface area contributed by atoms with Gasteiger partial charge in [-0.25, -0.2) is 0 Å². The molecule has 1 atom stereocenters. The monoisotopic (exact) mass is 751 g/mol. The maximum absolute atomic E-state index is 12.6. The van der Waals surface area contributed by atoms with Crippen LogP contribution in [0.2, 0.25) is 0 Å². The molecule has 1 unspecified atom stereocenters. The summed E-state index contributed by atoms with van der Waals surface area (Å²) in [5.41, 5.74) is -0.305. The Balaban J connectivity index is 4.10. The van der Waals surface area contributed by atoms with E-state index in [2.05, 4.69) is 39.5 Å². The molecule has 0 heterocycles. The molecule has 0 radical (unpaired) electrons. The first-order chi connectivity index (χ1) is 25.8. The van der Waals surface area contributed by atoms with Gasteiger partial charge in [0.15, 0.2) is 5.90 Å². The van der Waals surface area contributed by atoms with E-state index in [1.165, 1.54) is 135 Å². The van der Waals surface area contributed by atoms with Gasteiger partial charge in [0.1, 0.15) is 11.7 Å². The molecule has 0 bridgehead atoms. The van der Waals surface area contributed by atoms with Gasteiger partial charge in [0, 0.05) is 19.4 Å². The molecular weight excluding hydrogens is 657 g/mol. The van der Waals surface area contributed by atoms with Crippen LogP contribution in [-0.2, 0) is 14.3 Å². The molecule has 0 rings (SSSR count). The fourth-order valence-corrected chi connectivity index (χ4v) is 7.50. The topological polar surface area (TPSA) is 82.9 Å². The van der Waals surface area contributed by atoms with Crippen LogP contribution in [0.15, 0.2) is 0 Å². The fourth-order valence-electron chi connectivity index (χ4n) is 7.50. The molecule has 0 spiro atoms. The smallest absolute Gasteiger partial charge is 0.306 e. The summed E-state index contributed by atoms with van der Waals surface area (Å²) in [7, 11) is 0. The zero-order valence-electron chi connectivity index (χ0n) is 36.6. The highest BCUT2D eigenvalue weighted by atomic mass is 16.6. The molecule has 0 aliphatic carbocycles. The summed E-state index contributed by atoms with van der Waals surface area (Å²) in [4.78, 5) is 15.0. The third kappa shape index (κ3) is 35.0. The van der Waals surface area contributed by atoms with Crippen LogP contribution in [0.4, 0.5) is 0 Å². The Labute approximate surface area is 331 Å². The molecule has 0 amide bonds. The lowest BCUT2D eigenvalue weighted by Crippen LogP contribution is -2.31. The molecule has 6 heteroatoms. The molecular formula is C47H94N2O4. The Bertz CT molecular complexity index is 777. The highest BCUT2D eigenvalue weighted by molar-refractivity contribution is 5.72. The van der Waals surface area contributed by atoms with Gasteiger partial charge in [-0.1, -0.05) is 163 Å². The lowest BCUT2D eigenvalue weighted by molar-refractivity contribution is -0.159. The van der Waals surface area contributed by atoms with Gasteiger partial charge in [0.25, 0.3) is 0 Å². The summed E-state index contributed by atoms with van der Waals surface area (Å²) >= 11 is 0. The summed E-state index contributed by atoms with van der Waals surface area (Å²) in [6.07, 6.45) is 40.3. The van der Waals surface area contributed by atoms with Gasteiger partial charge in [0.05, 0.1) is 6.61 Å². The van der Waals surface area contributed by atoms with Crippen molar-refractivity contribution < 1.29 is 19.4 Å². The van der Waals surface area contributed by atoms with E-state index in [0.717, 1.165) is 96.7 Å². The second-order valence-electron chi connectivity index (χ2n) is 16.7. The molecule has 0 aliphatic rings. The molecule has 0 aliphatic heterocycles. The number of nitrogens with one attached hydrogen (secondary N) is 1. The molecule has 0 saturated heterocycles. The van der Waals surface area contributed by atoms with Crippen molar-refractivity contribution in [1.82, 2.24) is 4.90 Å². The van der Waals surface area contributed by atoms with E-state index in [9.17, 15) is 9.90 Å². The minimum Gasteiger partial charge on any atom is -0.478 e. The standard InChI is InChI=1S/C47H94N2O4/c1-6-10-13-16-21-28-35-44(36-29-22-17-14-11-7-2)52-45(48)37-30-23-19-26-33-40-49(42-43-50)41-34-27-20-24-31-38-46(51)53-47(5,9-4)39-32-25-18-15-12-8-3/h44,48,50H,6-43H2,1-5H3. The number of nitrogens with zero attached hydrogens (tertiary/aromatic N) is 1. The Kier molecular flexibility index (Phi) is 38.3. The van der Waals surface area contributed by atoms with E-state index >= 15 is 0 Å². The van der Waals surface area contributed by atoms with Gasteiger partial charge in [-0.3, -0.25) is 10.2 Å². The maximum Gasteiger partial charge on any atom is 0.306 e. The normalized spacial score (nSPS) is 12.8. The second-order valence-corrected chi connectivity index (χ2v) is 16.7. The van der Waals surface area contributed by atoms with E-state index in [1.54, 1.807) is 0 Å². The summed E-state index contributed by atoms with van der Waals surface area (Å²) in [5.74, 6) is 0.492. The lowest BCUT2D eigenvalue weighted by Gasteiger charge is -2.28. The molecule has 0 aromatic rings. The number of ether oxygens (including phenoxy) is 2. The first kappa shape index (κ1) is 51.9. The van der Waals surface area contributed by atoms with Crippen LogP contribution in [0.3, 0.4) is 0 Å². The van der Waals surface area contributed by atoms with Crippen molar-refractivity contribution in [2.24, 2.45) is 0 Å². The number of hydrogen-bond donors (Lipinski definition) is 2. The van der Waals surface area contributed by atoms with E-state index in [1.807, 2.05) is 0 Å². The molecule has 0 aromatic heterocycles. The van der Waals surface area contributed by atoms with Gasteiger partial charge in [0.2, 0.25) is 0 Å². The average Bonchev–Trinajstić information content (AvgIpc) is 3.14. The van der Waals surface area contributed by atoms with E-state index in [4.69, 9.17) is 14.9 Å². The number of aliphatic hydroxyl groups is 1. The van der Waals surface area contributed by atoms with Crippen molar-refractivity contribution in [3.05, 3.63) is 0 Å². The Morgan fingerprint density at radius 1 is 0.566 bits per heavy atom. The number of carbonyl (C=O) groups is 1. The Hall–Kier alpha value is -1.14. The van der Waals surface area contributed by atoms with Crippen LogP contribution < -0.4 is 0 Å². The summed E-state index contributed by atoms with van der Waals surface area (Å²) < 4.78 is 12.2. The Morgan fingerprint density at radius 3 is 1.45 bits per heavy atom. The zero-order chi connectivity index (χ0) is 39.1. The molecule has 0 fully saturated rings. The number of hydrogen-bond acceptors (Lipinski definition) is 6. The van der Waals surface area contributed by atoms with Crippen LogP contribution in [0.1, 0.15) is 253 Å². The number of esters is 1. The lowest BCUT2D eigenvalue weighted by atomic mass is 9.94. The highest BCUT2D eigenvalue weighted by Crippen LogP contribution is 2.25. The van der Waals surface area contributed by atoms with E-state index in [0.29, 0.717) is 12.3 Å². The van der Waals surface area contributed by atoms with Crippen molar-refractivity contribution in [2.45, 2.75) is 265 Å². The fraction of sp³-hybridized carbons (Fsp3) is 0.957. The van der Waals surface area contributed by atoms with Gasteiger partial charge >= 0.3 is 5.97 Å². The first-order valence-corrected chi connectivity index (χ1v) is 23.6. The number of carbonyl (C=O) groups excluding carboxylic acids is 1. The number of rotatable bonds is 42. The highest BCUT2D eigenvalue weighted by Gasteiger charge is 2.26. The summed E-state index contributed by atoms with van der Waals surface area (Å²) in [6.45, 7) is 14.1. The number of unbranched alkanes of at least 4 members (excludes halogenated alkanes) is 23. The van der Waals surface area contributed by atoms with Gasteiger partial charge in [-0.2, -0.15) is 0 Å². The molecule has 0 saturated carbocycles. The third-order valence-corrected chi connectivity index (χ3v) is 11.4. The largest absolute Gasteiger partial charge is 0.478 e. The number of aliphatic hydroxyl groups excluding tert-OH is 1. The second kappa shape index (κ2) is 39.1. The molecule has 316 valence electrons. The molecule has 6 nitrogen and oxygen atoms in total. The van der Waals surface area contributed by atoms with Crippen molar-refractivity contribution in [1.29, 1.82) is 5.41 Å². The summed E-state index contributed by atoms with van der Waals surface area (Å²) in [6, 6.07) is 0. The molecule has 2 N–H and O–H groups in total. The van der Waals surface area contributed by atoms with Crippen LogP contribution in [0, 0.1) is 5.41 Å². The predicted molar refractivity (Wildman–Crippen MR) is 230 cm³/mol. The van der Waals surface area contributed by atoms with Crippen LogP contribution >= 0.6 is 0 Å². The Morgan fingerprint density at radius 2 is 0.981 bits per heavy atom. The third-order valence-electron chi connectivity index (χ3n) is 11.4. The molecule has 0 aromatic carbocycles. The zero-order valence-corrected chi connectivity index (χ0v) is 36.6. The minimum atomic E-state index is -0.305. The van der Waals surface area contributed by atoms with Crippen LogP contribution in [0.5, 0.6) is 0 Å². The van der Waals surface area contributed by atoms with Crippen LogP contribution in [0.25, 0.3) is 0 Å². The maximum atomic E-state index is 12.6. The van der Waals surface area contributed by atoms with Crippen molar-refractivity contribution in [3.8, 4) is 0 Å². The van der Waals surface area contributed by atoms with Gasteiger partial charge < -0.3 is 19.5 Å². The van der Waals surface area contributed by atoms with Crippen molar-refractivity contribution in [2.75, 3.05) is 26.2 Å². The van der Waals surface area contributed by atoms with Gasteiger partial charge in [-0.05, 0) is 90.6 Å². The summed E-state index contributed by atoms with van der Waals surface area (Å²) in [5, 5.41) is 18.1. The quantitative estimate of drug-likeness (QED) is 0.0281. The van der Waals surface area contributed by atoms with Crippen molar-refractivity contribution in [3.63, 3.8) is 0 Å². The van der Waals surface area contributed by atoms with Crippen LogP contribution in [-0.4, -0.2) is 59.8 Å².